The maximum absolute atomic E-state index is 12.6. The molecule has 8 nitrogen and oxygen atoms in total. The van der Waals surface area contributed by atoms with Crippen LogP contribution in [0.4, 0.5) is 0 Å². The van der Waals surface area contributed by atoms with Gasteiger partial charge in [-0.1, -0.05) is 0 Å². The summed E-state index contributed by atoms with van der Waals surface area (Å²) in [6.07, 6.45) is 3.15. The molecule has 0 bridgehead atoms. The van der Waals surface area contributed by atoms with Gasteiger partial charge in [-0.3, -0.25) is 0 Å². The van der Waals surface area contributed by atoms with Gasteiger partial charge in [0.2, 0.25) is 10.0 Å². The van der Waals surface area contributed by atoms with E-state index in [2.05, 4.69) is 20.5 Å². The second-order valence-corrected chi connectivity index (χ2v) is 6.61. The van der Waals surface area contributed by atoms with Gasteiger partial charge in [0.15, 0.2) is 0 Å². The number of nitrogens with zero attached hydrogens (tertiary/aromatic N) is 4. The zero-order chi connectivity index (χ0) is 14.2. The van der Waals surface area contributed by atoms with Crippen LogP contribution in [0.3, 0.4) is 0 Å². The van der Waals surface area contributed by atoms with Crippen LogP contribution in [-0.2, 0) is 29.7 Å². The molecular formula is C11H16N6O2S. The Balaban J connectivity index is 1.85. The lowest BCUT2D eigenvalue weighted by molar-refractivity contribution is 0.335. The third-order valence-electron chi connectivity index (χ3n) is 3.33. The van der Waals surface area contributed by atoms with Gasteiger partial charge >= 0.3 is 0 Å². The summed E-state index contributed by atoms with van der Waals surface area (Å²) in [7, 11) is -1.67. The Labute approximate surface area is 116 Å². The minimum atomic E-state index is -3.49. The average molecular weight is 296 g/mol. The molecule has 0 unspecified atom stereocenters. The standard InChI is InChI=1S/C11H16N6O2S/c1-12-5-9-4-10(6-13-9)20(18,19)17-3-2-16-8-14-15-11(16)7-17/h4,6,8,12-13H,2-3,5,7H2,1H3. The largest absolute Gasteiger partial charge is 0.363 e. The van der Waals surface area contributed by atoms with E-state index in [0.717, 1.165) is 5.69 Å². The van der Waals surface area contributed by atoms with Gasteiger partial charge in [-0.05, 0) is 13.1 Å². The van der Waals surface area contributed by atoms with Crippen molar-refractivity contribution in [3.8, 4) is 0 Å². The smallest absolute Gasteiger partial charge is 0.245 e. The first-order chi connectivity index (χ1) is 9.61. The number of nitrogens with one attached hydrogen (secondary N) is 2. The molecule has 0 amide bonds. The van der Waals surface area contributed by atoms with Gasteiger partial charge in [0.05, 0.1) is 11.4 Å². The van der Waals surface area contributed by atoms with Crippen molar-refractivity contribution in [3.63, 3.8) is 0 Å². The van der Waals surface area contributed by atoms with Crippen molar-refractivity contribution < 1.29 is 8.42 Å². The molecule has 9 heteroatoms. The van der Waals surface area contributed by atoms with E-state index in [1.807, 2.05) is 11.6 Å². The molecule has 0 atom stereocenters. The lowest BCUT2D eigenvalue weighted by atomic mass is 10.4. The summed E-state index contributed by atoms with van der Waals surface area (Å²) >= 11 is 0. The molecular weight excluding hydrogens is 280 g/mol. The fourth-order valence-corrected chi connectivity index (χ4v) is 3.66. The topological polar surface area (TPSA) is 95.9 Å². The molecule has 2 aromatic rings. The lowest BCUT2D eigenvalue weighted by Crippen LogP contribution is -2.38. The van der Waals surface area contributed by atoms with Crippen molar-refractivity contribution in [1.82, 2.24) is 29.4 Å². The Morgan fingerprint density at radius 1 is 1.45 bits per heavy atom. The molecule has 0 fully saturated rings. The molecule has 0 saturated heterocycles. The van der Waals surface area contributed by atoms with Gasteiger partial charge < -0.3 is 14.9 Å². The molecule has 108 valence electrons. The number of hydrogen-bond donors (Lipinski definition) is 2. The second-order valence-electron chi connectivity index (χ2n) is 4.67. The minimum absolute atomic E-state index is 0.259. The molecule has 0 saturated carbocycles. The molecule has 0 aromatic carbocycles. The quantitative estimate of drug-likeness (QED) is 0.795. The van der Waals surface area contributed by atoms with Crippen LogP contribution in [0.15, 0.2) is 23.5 Å². The van der Waals surface area contributed by atoms with E-state index in [1.165, 1.54) is 10.5 Å². The molecule has 20 heavy (non-hydrogen) atoms. The van der Waals surface area contributed by atoms with Gasteiger partial charge in [0.1, 0.15) is 12.2 Å². The molecule has 0 radical (unpaired) electrons. The first-order valence-corrected chi connectivity index (χ1v) is 7.74. The third kappa shape index (κ3) is 2.23. The van der Waals surface area contributed by atoms with Crippen molar-refractivity contribution >= 4 is 10.0 Å². The third-order valence-corrected chi connectivity index (χ3v) is 5.15. The molecule has 1 aliphatic rings. The van der Waals surface area contributed by atoms with Crippen LogP contribution in [0.25, 0.3) is 0 Å². The summed E-state index contributed by atoms with van der Waals surface area (Å²) in [5.41, 5.74) is 0.839. The number of hydrogen-bond acceptors (Lipinski definition) is 5. The van der Waals surface area contributed by atoms with Crippen molar-refractivity contribution in [3.05, 3.63) is 30.1 Å². The second kappa shape index (κ2) is 5.00. The fourth-order valence-electron chi connectivity index (χ4n) is 2.26. The summed E-state index contributed by atoms with van der Waals surface area (Å²) in [5, 5.41) is 10.7. The predicted octanol–water partition coefficient (Wildman–Crippen LogP) is -0.470. The first kappa shape index (κ1) is 13.3. The Hall–Kier alpha value is -1.71. The maximum Gasteiger partial charge on any atom is 0.245 e. The van der Waals surface area contributed by atoms with Crippen LogP contribution in [0.5, 0.6) is 0 Å². The van der Waals surface area contributed by atoms with E-state index in [0.29, 0.717) is 25.5 Å². The predicted molar refractivity (Wildman–Crippen MR) is 71.2 cm³/mol. The number of sulfonamides is 1. The van der Waals surface area contributed by atoms with E-state index >= 15 is 0 Å². The highest BCUT2D eigenvalue weighted by molar-refractivity contribution is 7.89. The van der Waals surface area contributed by atoms with Crippen LogP contribution < -0.4 is 5.32 Å². The van der Waals surface area contributed by atoms with Gasteiger partial charge in [-0.2, -0.15) is 4.31 Å². The summed E-state index contributed by atoms with van der Waals surface area (Å²) < 4.78 is 28.4. The molecule has 0 spiro atoms. The highest BCUT2D eigenvalue weighted by Crippen LogP contribution is 2.21. The zero-order valence-electron chi connectivity index (χ0n) is 11.1. The molecule has 0 aliphatic carbocycles. The number of aromatic amines is 1. The zero-order valence-corrected chi connectivity index (χ0v) is 11.9. The highest BCUT2D eigenvalue weighted by atomic mass is 32.2. The summed E-state index contributed by atoms with van der Waals surface area (Å²) in [5.74, 6) is 0.672. The Kier molecular flexibility index (Phi) is 3.32. The number of H-pyrrole nitrogens is 1. The number of aromatic nitrogens is 4. The first-order valence-electron chi connectivity index (χ1n) is 6.30. The molecule has 3 rings (SSSR count). The molecule has 1 aliphatic heterocycles. The van der Waals surface area contributed by atoms with Crippen LogP contribution in [0, 0.1) is 0 Å². The Morgan fingerprint density at radius 2 is 2.30 bits per heavy atom. The van der Waals surface area contributed by atoms with Crippen molar-refractivity contribution in [2.75, 3.05) is 13.6 Å². The van der Waals surface area contributed by atoms with Gasteiger partial charge in [0, 0.05) is 31.5 Å². The monoisotopic (exact) mass is 296 g/mol. The van der Waals surface area contributed by atoms with E-state index in [1.54, 1.807) is 12.4 Å². The maximum atomic E-state index is 12.6. The minimum Gasteiger partial charge on any atom is -0.363 e. The summed E-state index contributed by atoms with van der Waals surface area (Å²) in [6, 6.07) is 1.66. The summed E-state index contributed by atoms with van der Waals surface area (Å²) in [4.78, 5) is 3.25. The molecule has 2 N–H and O–H groups in total. The SMILES string of the molecule is CNCc1cc(S(=O)(=O)N2CCn3cnnc3C2)c[nH]1. The van der Waals surface area contributed by atoms with Gasteiger partial charge in [0.25, 0.3) is 0 Å². The molecule has 3 heterocycles. The number of rotatable bonds is 4. The highest BCUT2D eigenvalue weighted by Gasteiger charge is 2.29. The van der Waals surface area contributed by atoms with Gasteiger partial charge in [-0.25, -0.2) is 8.42 Å². The summed E-state index contributed by atoms with van der Waals surface area (Å²) in [6.45, 7) is 1.87. The van der Waals surface area contributed by atoms with E-state index < -0.39 is 10.0 Å². The van der Waals surface area contributed by atoms with E-state index in [-0.39, 0.29) is 11.4 Å². The van der Waals surface area contributed by atoms with Crippen LogP contribution >= 0.6 is 0 Å². The van der Waals surface area contributed by atoms with Crippen LogP contribution in [0.2, 0.25) is 0 Å². The van der Waals surface area contributed by atoms with Crippen LogP contribution in [0.1, 0.15) is 11.5 Å². The Bertz CT molecular complexity index is 704. The van der Waals surface area contributed by atoms with Crippen molar-refractivity contribution in [2.45, 2.75) is 24.5 Å². The number of fused-ring (bicyclic) bond motifs is 1. The van der Waals surface area contributed by atoms with E-state index in [9.17, 15) is 8.42 Å². The van der Waals surface area contributed by atoms with E-state index in [4.69, 9.17) is 0 Å². The van der Waals surface area contributed by atoms with Crippen molar-refractivity contribution in [2.24, 2.45) is 0 Å². The lowest BCUT2D eigenvalue weighted by Gasteiger charge is -2.25. The Morgan fingerprint density at radius 3 is 3.10 bits per heavy atom. The fraction of sp³-hybridized carbons (Fsp3) is 0.455. The van der Waals surface area contributed by atoms with Crippen LogP contribution in [-0.4, -0.2) is 46.1 Å². The van der Waals surface area contributed by atoms with Crippen molar-refractivity contribution in [1.29, 1.82) is 0 Å². The normalized spacial score (nSPS) is 16.2. The molecule has 2 aromatic heterocycles. The van der Waals surface area contributed by atoms with Gasteiger partial charge in [-0.15, -0.1) is 10.2 Å². The average Bonchev–Trinajstić information content (AvgIpc) is 3.06.